The average molecular weight is 395 g/mol. The summed E-state index contributed by atoms with van der Waals surface area (Å²) in [6, 6.07) is 4.99. The summed E-state index contributed by atoms with van der Waals surface area (Å²) in [6.45, 7) is 1.62. The summed E-state index contributed by atoms with van der Waals surface area (Å²) < 4.78 is 5.28. The number of hydrogen-bond acceptors (Lipinski definition) is 7. The minimum absolute atomic E-state index is 0.0506. The number of non-ortho nitro benzene ring substituents is 1. The normalized spacial score (nSPS) is 18.9. The van der Waals surface area contributed by atoms with Crippen LogP contribution in [0.1, 0.15) is 18.9 Å². The van der Waals surface area contributed by atoms with Gasteiger partial charge in [-0.2, -0.15) is 0 Å². The minimum atomic E-state index is -0.679. The number of carbonyl (C=O) groups excluding carboxylic acids is 3. The molecule has 146 valence electrons. The predicted octanol–water partition coefficient (Wildman–Crippen LogP) is 2.04. The first-order chi connectivity index (χ1) is 12.7. The molecule has 0 aliphatic carbocycles. The Balaban J connectivity index is 2.03. The Labute approximate surface area is 160 Å². The highest BCUT2D eigenvalue weighted by Gasteiger charge is 2.41. The van der Waals surface area contributed by atoms with E-state index in [0.717, 1.165) is 11.8 Å². The molecule has 2 rings (SSSR count). The van der Waals surface area contributed by atoms with Gasteiger partial charge in [-0.15, -0.1) is 0 Å². The van der Waals surface area contributed by atoms with E-state index in [1.807, 2.05) is 0 Å². The van der Waals surface area contributed by atoms with Gasteiger partial charge in [0.15, 0.2) is 5.12 Å². The van der Waals surface area contributed by atoms with E-state index in [1.165, 1.54) is 41.0 Å². The van der Waals surface area contributed by atoms with E-state index in [0.29, 0.717) is 12.0 Å². The lowest BCUT2D eigenvalue weighted by molar-refractivity contribution is -0.384. The number of nitro groups is 1. The lowest BCUT2D eigenvalue weighted by Gasteiger charge is -2.25. The van der Waals surface area contributed by atoms with E-state index >= 15 is 0 Å². The smallest absolute Gasteiger partial charge is 0.410 e. The largest absolute Gasteiger partial charge is 0.445 e. The molecule has 1 heterocycles. The van der Waals surface area contributed by atoms with E-state index in [-0.39, 0.29) is 35.1 Å². The van der Waals surface area contributed by atoms with Crippen LogP contribution in [0.3, 0.4) is 0 Å². The Bertz CT molecular complexity index is 737. The first-order valence-corrected chi connectivity index (χ1v) is 9.12. The number of likely N-dealkylation sites (tertiary alicyclic amines) is 1. The van der Waals surface area contributed by atoms with Crippen LogP contribution in [0, 0.1) is 10.1 Å². The Morgan fingerprint density at radius 2 is 1.93 bits per heavy atom. The molecule has 0 N–H and O–H groups in total. The van der Waals surface area contributed by atoms with Crippen LogP contribution in [0.25, 0.3) is 0 Å². The second-order valence-electron chi connectivity index (χ2n) is 6.35. The number of ether oxygens (including phenoxy) is 1. The first kappa shape index (κ1) is 20.7. The summed E-state index contributed by atoms with van der Waals surface area (Å²) in [4.78, 5) is 49.1. The Morgan fingerprint density at radius 1 is 1.30 bits per heavy atom. The predicted molar refractivity (Wildman–Crippen MR) is 99.1 cm³/mol. The quantitative estimate of drug-likeness (QED) is 0.554. The third kappa shape index (κ3) is 5.43. The van der Waals surface area contributed by atoms with Crippen LogP contribution in [0.15, 0.2) is 24.3 Å². The first-order valence-electron chi connectivity index (χ1n) is 8.24. The topological polar surface area (TPSA) is 110 Å². The number of nitrogens with zero attached hydrogens (tertiary/aromatic N) is 3. The summed E-state index contributed by atoms with van der Waals surface area (Å²) in [5.41, 5.74) is 0.545. The molecule has 0 bridgehead atoms. The standard InChI is InChI=1S/C17H21N3O6S/c1-11(21)27-14-8-15(16(22)18(2)3)19(9-14)17(23)26-10-12-4-6-13(7-5-12)20(24)25/h4-7,14-15H,8-10H2,1-3H3/t14-,15-/m0/s1. The van der Waals surface area contributed by atoms with Crippen LogP contribution < -0.4 is 0 Å². The maximum absolute atomic E-state index is 12.5. The van der Waals surface area contributed by atoms with Crippen molar-refractivity contribution in [3.05, 3.63) is 39.9 Å². The molecular formula is C17H21N3O6S. The van der Waals surface area contributed by atoms with Crippen LogP contribution in [-0.2, 0) is 20.9 Å². The van der Waals surface area contributed by atoms with Gasteiger partial charge >= 0.3 is 6.09 Å². The molecule has 0 spiro atoms. The van der Waals surface area contributed by atoms with Crippen molar-refractivity contribution < 1.29 is 24.0 Å². The van der Waals surface area contributed by atoms with Crippen LogP contribution in [0.2, 0.25) is 0 Å². The van der Waals surface area contributed by atoms with E-state index < -0.39 is 17.1 Å². The van der Waals surface area contributed by atoms with E-state index in [2.05, 4.69) is 0 Å². The van der Waals surface area contributed by atoms with Crippen molar-refractivity contribution in [1.29, 1.82) is 0 Å². The SMILES string of the molecule is CC(=O)S[C@H]1C[C@@H](C(=O)N(C)C)N(C(=O)OCc2ccc([N+](=O)[O-])cc2)C1. The number of hydrogen-bond donors (Lipinski definition) is 0. The molecule has 10 heteroatoms. The summed E-state index contributed by atoms with van der Waals surface area (Å²) >= 11 is 1.11. The summed E-state index contributed by atoms with van der Waals surface area (Å²) in [7, 11) is 3.21. The molecule has 1 aliphatic rings. The minimum Gasteiger partial charge on any atom is -0.445 e. The lowest BCUT2D eigenvalue weighted by Crippen LogP contribution is -2.45. The van der Waals surface area contributed by atoms with Gasteiger partial charge in [0.25, 0.3) is 5.69 Å². The van der Waals surface area contributed by atoms with Crippen molar-refractivity contribution in [2.75, 3.05) is 20.6 Å². The Morgan fingerprint density at radius 3 is 2.44 bits per heavy atom. The third-order valence-electron chi connectivity index (χ3n) is 4.07. The van der Waals surface area contributed by atoms with Crippen molar-refractivity contribution in [3.63, 3.8) is 0 Å². The van der Waals surface area contributed by atoms with Gasteiger partial charge in [0.1, 0.15) is 12.6 Å². The molecule has 2 atom stereocenters. The van der Waals surface area contributed by atoms with Gasteiger partial charge in [-0.25, -0.2) is 4.79 Å². The molecule has 1 aliphatic heterocycles. The van der Waals surface area contributed by atoms with Crippen LogP contribution in [-0.4, -0.2) is 63.8 Å². The van der Waals surface area contributed by atoms with E-state index in [9.17, 15) is 24.5 Å². The second-order valence-corrected chi connectivity index (χ2v) is 7.82. The number of rotatable bonds is 5. The maximum Gasteiger partial charge on any atom is 0.410 e. The van der Waals surface area contributed by atoms with Crippen LogP contribution in [0.5, 0.6) is 0 Å². The Kier molecular flexibility index (Phi) is 6.78. The number of carbonyl (C=O) groups is 3. The number of amides is 2. The molecule has 0 saturated carbocycles. The van der Waals surface area contributed by atoms with Crippen LogP contribution >= 0.6 is 11.8 Å². The fourth-order valence-electron chi connectivity index (χ4n) is 2.79. The average Bonchev–Trinajstić information content (AvgIpc) is 3.02. The fourth-order valence-corrected chi connectivity index (χ4v) is 3.78. The van der Waals surface area contributed by atoms with Crippen molar-refractivity contribution in [1.82, 2.24) is 9.80 Å². The monoisotopic (exact) mass is 395 g/mol. The van der Waals surface area contributed by atoms with Crippen molar-refractivity contribution in [2.45, 2.75) is 31.2 Å². The number of nitro benzene ring substituents is 1. The molecule has 1 aromatic carbocycles. The number of benzene rings is 1. The van der Waals surface area contributed by atoms with Crippen molar-refractivity contribution in [2.24, 2.45) is 0 Å². The molecular weight excluding hydrogens is 374 g/mol. The molecule has 0 aromatic heterocycles. The van der Waals surface area contributed by atoms with Gasteiger partial charge in [0, 0.05) is 44.9 Å². The molecule has 1 aromatic rings. The van der Waals surface area contributed by atoms with Gasteiger partial charge in [0.05, 0.1) is 4.92 Å². The highest BCUT2D eigenvalue weighted by Crippen LogP contribution is 2.29. The van der Waals surface area contributed by atoms with Gasteiger partial charge in [-0.3, -0.25) is 24.6 Å². The van der Waals surface area contributed by atoms with Gasteiger partial charge in [-0.05, 0) is 24.1 Å². The highest BCUT2D eigenvalue weighted by atomic mass is 32.2. The zero-order valence-electron chi connectivity index (χ0n) is 15.3. The lowest BCUT2D eigenvalue weighted by atomic mass is 10.2. The molecule has 1 fully saturated rings. The van der Waals surface area contributed by atoms with Crippen molar-refractivity contribution in [3.8, 4) is 0 Å². The zero-order chi connectivity index (χ0) is 20.1. The number of thioether (sulfide) groups is 1. The third-order valence-corrected chi connectivity index (χ3v) is 5.07. The summed E-state index contributed by atoms with van der Waals surface area (Å²) in [5, 5.41) is 10.4. The molecule has 1 saturated heterocycles. The zero-order valence-corrected chi connectivity index (χ0v) is 16.1. The Hall–Kier alpha value is -2.62. The van der Waals surface area contributed by atoms with Gasteiger partial charge in [0.2, 0.25) is 5.91 Å². The molecule has 27 heavy (non-hydrogen) atoms. The van der Waals surface area contributed by atoms with Gasteiger partial charge in [-0.1, -0.05) is 11.8 Å². The molecule has 2 amide bonds. The summed E-state index contributed by atoms with van der Waals surface area (Å²) in [6.07, 6.45) is -0.270. The summed E-state index contributed by atoms with van der Waals surface area (Å²) in [5.74, 6) is -0.228. The van der Waals surface area contributed by atoms with Crippen LogP contribution in [0.4, 0.5) is 10.5 Å². The van der Waals surface area contributed by atoms with E-state index in [1.54, 1.807) is 14.1 Å². The highest BCUT2D eigenvalue weighted by molar-refractivity contribution is 8.14. The maximum atomic E-state index is 12.5. The number of likely N-dealkylation sites (N-methyl/N-ethyl adjacent to an activating group) is 1. The van der Waals surface area contributed by atoms with E-state index in [4.69, 9.17) is 4.74 Å². The van der Waals surface area contributed by atoms with Crippen molar-refractivity contribution >= 4 is 34.6 Å². The fraction of sp³-hybridized carbons (Fsp3) is 0.471. The molecule has 9 nitrogen and oxygen atoms in total. The second kappa shape index (κ2) is 8.85. The molecule has 0 unspecified atom stereocenters. The molecule has 0 radical (unpaired) electrons. The van der Waals surface area contributed by atoms with Gasteiger partial charge < -0.3 is 9.64 Å².